The second kappa shape index (κ2) is 6.12. The van der Waals surface area contributed by atoms with Crippen molar-refractivity contribution < 1.29 is 18.1 Å². The number of piperidine rings is 1. The Morgan fingerprint density at radius 1 is 1.27 bits per heavy atom. The van der Waals surface area contributed by atoms with E-state index < -0.39 is 22.4 Å². The molecule has 0 spiro atoms. The second-order valence-electron chi connectivity index (χ2n) is 5.64. The first-order valence-electron chi connectivity index (χ1n) is 6.97. The summed E-state index contributed by atoms with van der Waals surface area (Å²) in [5.74, 6) is 0. The number of rotatable bonds is 3. The molecule has 0 aliphatic carbocycles. The topological polar surface area (TPSA) is 49.6 Å². The van der Waals surface area contributed by atoms with Crippen LogP contribution in [-0.4, -0.2) is 43.0 Å². The van der Waals surface area contributed by atoms with Crippen LogP contribution in [0.25, 0.3) is 0 Å². The molecule has 8 heteroatoms. The van der Waals surface area contributed by atoms with Crippen molar-refractivity contribution in [2.24, 2.45) is 0 Å². The van der Waals surface area contributed by atoms with Gasteiger partial charge in [-0.15, -0.1) is 0 Å². The predicted molar refractivity (Wildman–Crippen MR) is 77.0 cm³/mol. The van der Waals surface area contributed by atoms with Crippen LogP contribution in [-0.2, 0) is 6.18 Å². The lowest BCUT2D eigenvalue weighted by atomic mass is 10.0. The van der Waals surface area contributed by atoms with Crippen molar-refractivity contribution in [1.29, 1.82) is 0 Å². The zero-order valence-corrected chi connectivity index (χ0v) is 12.4. The van der Waals surface area contributed by atoms with E-state index in [0.29, 0.717) is 24.8 Å². The van der Waals surface area contributed by atoms with Gasteiger partial charge < -0.3 is 9.80 Å². The van der Waals surface area contributed by atoms with Gasteiger partial charge in [0.2, 0.25) is 0 Å². The molecule has 0 atom stereocenters. The van der Waals surface area contributed by atoms with Crippen molar-refractivity contribution in [3.05, 3.63) is 33.9 Å². The van der Waals surface area contributed by atoms with Crippen LogP contribution in [0.5, 0.6) is 0 Å². The monoisotopic (exact) mass is 317 g/mol. The van der Waals surface area contributed by atoms with Gasteiger partial charge in [0.25, 0.3) is 5.69 Å². The molecule has 0 unspecified atom stereocenters. The Balaban J connectivity index is 2.25. The van der Waals surface area contributed by atoms with Gasteiger partial charge in [-0.25, -0.2) is 0 Å². The number of halogens is 3. The van der Waals surface area contributed by atoms with Gasteiger partial charge in [0.15, 0.2) is 0 Å². The minimum atomic E-state index is -4.74. The van der Waals surface area contributed by atoms with Gasteiger partial charge >= 0.3 is 6.18 Å². The van der Waals surface area contributed by atoms with Crippen LogP contribution in [0.15, 0.2) is 18.2 Å². The first-order chi connectivity index (χ1) is 10.2. The fraction of sp³-hybridized carbons (Fsp3) is 0.571. The first kappa shape index (κ1) is 16.5. The maximum Gasteiger partial charge on any atom is 0.423 e. The molecule has 0 bridgehead atoms. The number of nitro benzene ring substituents is 1. The summed E-state index contributed by atoms with van der Waals surface area (Å²) in [6.07, 6.45) is -3.03. The van der Waals surface area contributed by atoms with Crippen molar-refractivity contribution in [2.75, 3.05) is 32.1 Å². The highest BCUT2D eigenvalue weighted by molar-refractivity contribution is 5.57. The van der Waals surface area contributed by atoms with E-state index in [2.05, 4.69) is 4.90 Å². The molecule has 1 aliphatic heterocycles. The zero-order valence-electron chi connectivity index (χ0n) is 12.4. The molecular formula is C14H18F3N3O2. The van der Waals surface area contributed by atoms with Gasteiger partial charge in [0.05, 0.1) is 4.92 Å². The number of alkyl halides is 3. The van der Waals surface area contributed by atoms with Crippen molar-refractivity contribution in [3.8, 4) is 0 Å². The summed E-state index contributed by atoms with van der Waals surface area (Å²) >= 11 is 0. The standard InChI is InChI=1S/C14H18F3N3O2/c1-18(2)10-5-7-19(8-6-10)11-3-4-13(20(21)22)12(9-11)14(15,16)17/h3-4,9-10H,5-8H2,1-2H3. The molecule has 1 aromatic rings. The molecule has 1 fully saturated rings. The zero-order chi connectivity index (χ0) is 16.5. The van der Waals surface area contributed by atoms with Gasteiger partial charge in [0.1, 0.15) is 5.56 Å². The normalized spacial score (nSPS) is 17.1. The van der Waals surface area contributed by atoms with Crippen LogP contribution in [0.2, 0.25) is 0 Å². The summed E-state index contributed by atoms with van der Waals surface area (Å²) in [4.78, 5) is 13.7. The SMILES string of the molecule is CN(C)C1CCN(c2ccc([N+](=O)[O-])c(C(F)(F)F)c2)CC1. The van der Waals surface area contributed by atoms with Gasteiger partial charge in [-0.2, -0.15) is 13.2 Å². The molecule has 1 aliphatic rings. The third-order valence-electron chi connectivity index (χ3n) is 4.04. The van der Waals surface area contributed by atoms with Gasteiger partial charge in [0, 0.05) is 30.9 Å². The van der Waals surface area contributed by atoms with Gasteiger partial charge in [-0.05, 0) is 39.1 Å². The van der Waals surface area contributed by atoms with Crippen LogP contribution in [0.1, 0.15) is 18.4 Å². The van der Waals surface area contributed by atoms with E-state index in [1.807, 2.05) is 19.0 Å². The van der Waals surface area contributed by atoms with E-state index in [-0.39, 0.29) is 0 Å². The molecule has 0 saturated carbocycles. The van der Waals surface area contributed by atoms with E-state index >= 15 is 0 Å². The highest BCUT2D eigenvalue weighted by Crippen LogP contribution is 2.38. The number of hydrogen-bond acceptors (Lipinski definition) is 4. The number of nitrogens with zero attached hydrogens (tertiary/aromatic N) is 3. The lowest BCUT2D eigenvalue weighted by Crippen LogP contribution is -2.42. The third kappa shape index (κ3) is 3.49. The van der Waals surface area contributed by atoms with Crippen molar-refractivity contribution in [3.63, 3.8) is 0 Å². The first-order valence-corrected chi connectivity index (χ1v) is 6.97. The van der Waals surface area contributed by atoms with Crippen molar-refractivity contribution >= 4 is 11.4 Å². The molecule has 0 amide bonds. The average molecular weight is 317 g/mol. The molecule has 122 valence electrons. The van der Waals surface area contributed by atoms with E-state index in [4.69, 9.17) is 0 Å². The molecule has 1 heterocycles. The minimum absolute atomic E-state index is 0.384. The van der Waals surface area contributed by atoms with Crippen LogP contribution in [0.4, 0.5) is 24.5 Å². The van der Waals surface area contributed by atoms with Crippen LogP contribution >= 0.6 is 0 Å². The number of hydrogen-bond donors (Lipinski definition) is 0. The molecule has 5 nitrogen and oxygen atoms in total. The molecule has 1 aromatic carbocycles. The number of nitro groups is 1. The molecule has 0 radical (unpaired) electrons. The van der Waals surface area contributed by atoms with E-state index in [1.165, 1.54) is 6.07 Å². The molecule has 22 heavy (non-hydrogen) atoms. The van der Waals surface area contributed by atoms with E-state index in [9.17, 15) is 23.3 Å². The second-order valence-corrected chi connectivity index (χ2v) is 5.64. The molecular weight excluding hydrogens is 299 g/mol. The summed E-state index contributed by atoms with van der Waals surface area (Å²) in [5.41, 5.74) is -1.71. The largest absolute Gasteiger partial charge is 0.423 e. The van der Waals surface area contributed by atoms with Crippen molar-refractivity contribution in [2.45, 2.75) is 25.1 Å². The van der Waals surface area contributed by atoms with E-state index in [1.54, 1.807) is 0 Å². The Kier molecular flexibility index (Phi) is 4.60. The lowest BCUT2D eigenvalue weighted by molar-refractivity contribution is -0.388. The fourth-order valence-electron chi connectivity index (χ4n) is 2.75. The Hall–Kier alpha value is -1.83. The maximum atomic E-state index is 13.0. The third-order valence-corrected chi connectivity index (χ3v) is 4.04. The Morgan fingerprint density at radius 2 is 1.86 bits per heavy atom. The number of benzene rings is 1. The van der Waals surface area contributed by atoms with Gasteiger partial charge in [-0.3, -0.25) is 10.1 Å². The summed E-state index contributed by atoms with van der Waals surface area (Å²) in [6.45, 7) is 1.27. The Bertz CT molecular complexity index is 553. The average Bonchev–Trinajstić information content (AvgIpc) is 2.45. The quantitative estimate of drug-likeness (QED) is 0.635. The highest BCUT2D eigenvalue weighted by atomic mass is 19.4. The van der Waals surface area contributed by atoms with Crippen LogP contribution in [0, 0.1) is 10.1 Å². The smallest absolute Gasteiger partial charge is 0.371 e. The predicted octanol–water partition coefficient (Wildman–Crippen LogP) is 3.14. The van der Waals surface area contributed by atoms with E-state index in [0.717, 1.165) is 25.0 Å². The summed E-state index contributed by atoms with van der Waals surface area (Å²) in [7, 11) is 3.96. The maximum absolute atomic E-state index is 13.0. The molecule has 0 aromatic heterocycles. The van der Waals surface area contributed by atoms with Crippen LogP contribution in [0.3, 0.4) is 0 Å². The summed E-state index contributed by atoms with van der Waals surface area (Å²) in [5, 5.41) is 10.8. The van der Waals surface area contributed by atoms with Crippen molar-refractivity contribution in [1.82, 2.24) is 4.90 Å². The minimum Gasteiger partial charge on any atom is -0.371 e. The molecule has 0 N–H and O–H groups in total. The lowest BCUT2D eigenvalue weighted by Gasteiger charge is -2.36. The van der Waals surface area contributed by atoms with Crippen LogP contribution < -0.4 is 4.90 Å². The Labute approximate surface area is 126 Å². The summed E-state index contributed by atoms with van der Waals surface area (Å²) in [6, 6.07) is 3.63. The fourth-order valence-corrected chi connectivity index (χ4v) is 2.75. The number of anilines is 1. The molecule has 1 saturated heterocycles. The molecule has 2 rings (SSSR count). The summed E-state index contributed by atoms with van der Waals surface area (Å²) < 4.78 is 39.0. The Morgan fingerprint density at radius 3 is 2.32 bits per heavy atom. The van der Waals surface area contributed by atoms with Gasteiger partial charge in [-0.1, -0.05) is 0 Å². The highest BCUT2D eigenvalue weighted by Gasteiger charge is 2.39.